The molecule has 5 atom stereocenters. The summed E-state index contributed by atoms with van der Waals surface area (Å²) < 4.78 is 111. The van der Waals surface area contributed by atoms with Gasteiger partial charge in [0.1, 0.15) is 18.5 Å². The molecule has 2 aromatic rings. The van der Waals surface area contributed by atoms with E-state index in [1.165, 1.54) is 17.8 Å². The molecule has 1 fully saturated rings. The third-order valence-electron chi connectivity index (χ3n) is 4.81. The molecule has 2 N–H and O–H groups in total. The van der Waals surface area contributed by atoms with Gasteiger partial charge in [0.05, 0.1) is 13.7 Å². The SMILES string of the molecule is C[n+]1ccn(P(=O)(O)OC[C@H]2O[C@@H](n3ccc(=O)[nH]c3=O)[C@H](OC(=O)C(F)(F)F)[C@@H]2OC(=O)C(F)(F)F)c1. The second kappa shape index (κ2) is 10.4. The zero-order valence-corrected chi connectivity index (χ0v) is 19.5. The van der Waals surface area contributed by atoms with Crippen LogP contribution in [0.2, 0.25) is 0 Å². The largest absolute Gasteiger partial charge is 0.525 e. The monoisotopic (exact) mass is 581 g/mol. The molecule has 21 heteroatoms. The fourth-order valence-electron chi connectivity index (χ4n) is 3.17. The number of alkyl halides is 6. The van der Waals surface area contributed by atoms with Gasteiger partial charge in [0.15, 0.2) is 18.4 Å². The van der Waals surface area contributed by atoms with Crippen LogP contribution in [-0.2, 0) is 39.9 Å². The fourth-order valence-corrected chi connectivity index (χ4v) is 4.16. The summed E-state index contributed by atoms with van der Waals surface area (Å²) in [6, 6.07) is 0.669. The van der Waals surface area contributed by atoms with E-state index in [2.05, 4.69) is 9.47 Å². The molecule has 2 aromatic heterocycles. The van der Waals surface area contributed by atoms with Gasteiger partial charge in [0.25, 0.3) is 11.9 Å². The number of carbonyl (C=O) groups excluding carboxylic acids is 2. The van der Waals surface area contributed by atoms with E-state index in [0.717, 1.165) is 12.5 Å². The lowest BCUT2D eigenvalue weighted by Gasteiger charge is -2.25. The highest BCUT2D eigenvalue weighted by molar-refractivity contribution is 7.51. The average Bonchev–Trinajstić information content (AvgIpc) is 3.36. The van der Waals surface area contributed by atoms with Crippen molar-refractivity contribution in [3.8, 4) is 0 Å². The van der Waals surface area contributed by atoms with E-state index >= 15 is 0 Å². The highest BCUT2D eigenvalue weighted by atomic mass is 31.2. The number of aromatic amines is 1. The molecule has 0 amide bonds. The first kappa shape index (κ1) is 29.1. The molecule has 0 radical (unpaired) electrons. The highest BCUT2D eigenvalue weighted by Crippen LogP contribution is 2.45. The van der Waals surface area contributed by atoms with Gasteiger partial charge in [-0.05, 0) is 0 Å². The first-order chi connectivity index (χ1) is 17.4. The van der Waals surface area contributed by atoms with Crippen LogP contribution in [0, 0.1) is 0 Å². The van der Waals surface area contributed by atoms with Gasteiger partial charge in [0.2, 0.25) is 0 Å². The number of rotatable bonds is 7. The van der Waals surface area contributed by atoms with Crippen molar-refractivity contribution < 1.29 is 68.7 Å². The zero-order chi connectivity index (χ0) is 28.6. The third-order valence-corrected chi connectivity index (χ3v) is 6.12. The van der Waals surface area contributed by atoms with Crippen LogP contribution >= 0.6 is 7.75 Å². The van der Waals surface area contributed by atoms with E-state index < -0.39 is 74.4 Å². The molecular formula is C17H16F6N4O10P+. The predicted octanol–water partition coefficient (Wildman–Crippen LogP) is -0.327. The molecule has 38 heavy (non-hydrogen) atoms. The molecule has 0 aromatic carbocycles. The Hall–Kier alpha value is -3.48. The van der Waals surface area contributed by atoms with Gasteiger partial charge in [-0.15, -0.1) is 4.34 Å². The molecule has 1 saturated heterocycles. The van der Waals surface area contributed by atoms with Crippen LogP contribution in [0.3, 0.4) is 0 Å². The molecule has 0 bridgehead atoms. The molecule has 3 rings (SSSR count). The Morgan fingerprint density at radius 1 is 1.11 bits per heavy atom. The summed E-state index contributed by atoms with van der Waals surface area (Å²) in [6.45, 7) is -1.22. The summed E-state index contributed by atoms with van der Waals surface area (Å²) in [5.41, 5.74) is -2.36. The molecule has 0 aliphatic carbocycles. The summed E-state index contributed by atoms with van der Waals surface area (Å²) in [7, 11) is -3.35. The van der Waals surface area contributed by atoms with Crippen LogP contribution < -0.4 is 15.8 Å². The average molecular weight is 581 g/mol. The summed E-state index contributed by atoms with van der Waals surface area (Å²) in [6.07, 6.45) is -16.8. The van der Waals surface area contributed by atoms with E-state index in [1.807, 2.05) is 0 Å². The van der Waals surface area contributed by atoms with Crippen LogP contribution in [0.15, 0.2) is 40.6 Å². The number of H-pyrrole nitrogens is 1. The lowest BCUT2D eigenvalue weighted by atomic mass is 10.1. The van der Waals surface area contributed by atoms with Crippen molar-refractivity contribution in [2.45, 2.75) is 36.9 Å². The van der Waals surface area contributed by atoms with Gasteiger partial charge in [0, 0.05) is 12.3 Å². The van der Waals surface area contributed by atoms with Crippen molar-refractivity contribution in [2.24, 2.45) is 7.05 Å². The second-order valence-electron chi connectivity index (χ2n) is 7.56. The molecule has 14 nitrogen and oxygen atoms in total. The third kappa shape index (κ3) is 6.50. The first-order valence-electron chi connectivity index (χ1n) is 9.94. The van der Waals surface area contributed by atoms with Crippen molar-refractivity contribution in [2.75, 3.05) is 6.61 Å². The van der Waals surface area contributed by atoms with E-state index in [9.17, 15) is 55.0 Å². The number of nitrogens with one attached hydrogen (secondary N) is 1. The Kier molecular flexibility index (Phi) is 7.92. The summed E-state index contributed by atoms with van der Waals surface area (Å²) in [4.78, 5) is 58.5. The van der Waals surface area contributed by atoms with E-state index in [0.29, 0.717) is 21.2 Å². The lowest BCUT2D eigenvalue weighted by molar-refractivity contribution is -0.670. The van der Waals surface area contributed by atoms with Crippen LogP contribution in [0.1, 0.15) is 6.23 Å². The number of aromatic nitrogens is 4. The molecule has 0 saturated carbocycles. The first-order valence-corrected chi connectivity index (χ1v) is 11.5. The minimum Gasteiger partial charge on any atom is -0.449 e. The van der Waals surface area contributed by atoms with Crippen LogP contribution in [0.25, 0.3) is 0 Å². The molecule has 0 spiro atoms. The fraction of sp³-hybridized carbons (Fsp3) is 0.471. The van der Waals surface area contributed by atoms with Gasteiger partial charge in [-0.2, -0.15) is 26.3 Å². The number of halogens is 6. The van der Waals surface area contributed by atoms with Gasteiger partial charge >= 0.3 is 37.7 Å². The van der Waals surface area contributed by atoms with Gasteiger partial charge in [-0.25, -0.2) is 23.5 Å². The summed E-state index contributed by atoms with van der Waals surface area (Å²) >= 11 is 0. The number of ether oxygens (including phenoxy) is 3. The molecule has 1 aliphatic rings. The number of aryl methyl sites for hydroxylation is 1. The van der Waals surface area contributed by atoms with Crippen molar-refractivity contribution in [1.29, 1.82) is 0 Å². The summed E-state index contributed by atoms with van der Waals surface area (Å²) in [5.74, 6) is -5.92. The quantitative estimate of drug-likeness (QED) is 0.191. The van der Waals surface area contributed by atoms with E-state index in [1.54, 1.807) is 4.98 Å². The highest BCUT2D eigenvalue weighted by Gasteiger charge is 2.56. The van der Waals surface area contributed by atoms with Gasteiger partial charge < -0.3 is 14.2 Å². The van der Waals surface area contributed by atoms with E-state index in [-0.39, 0.29) is 0 Å². The topological polar surface area (TPSA) is 172 Å². The number of imidazole rings is 1. The number of carbonyl (C=O) groups is 2. The standard InChI is InChI=1S/C17H15F6N4O10P/c1-25-4-5-26(7-25)38(32,33)34-6-8-10(36-13(29)16(18,19)20)11(37-14(30)17(21,22)23)12(35-8)27-3-2-9(28)24-15(27)31/h2-5,7-8,10-12H,6H2,1H3,(H-,24,28,31,32,33)/p+1/t8-,10-,11-,12-/m1/s1. The van der Waals surface area contributed by atoms with Crippen molar-refractivity contribution in [3.63, 3.8) is 0 Å². The Balaban J connectivity index is 2.02. The Morgan fingerprint density at radius 3 is 2.18 bits per heavy atom. The summed E-state index contributed by atoms with van der Waals surface area (Å²) in [5, 5.41) is 0. The maximum absolute atomic E-state index is 12.9. The van der Waals surface area contributed by atoms with Gasteiger partial charge in [-0.3, -0.25) is 23.8 Å². The second-order valence-corrected chi connectivity index (χ2v) is 9.26. The van der Waals surface area contributed by atoms with Crippen LogP contribution in [-0.4, -0.2) is 68.0 Å². The van der Waals surface area contributed by atoms with E-state index in [4.69, 9.17) is 9.26 Å². The molecule has 1 unspecified atom stereocenters. The van der Waals surface area contributed by atoms with Gasteiger partial charge in [-0.1, -0.05) is 0 Å². The Morgan fingerprint density at radius 2 is 1.68 bits per heavy atom. The number of esters is 2. The Bertz CT molecular complexity index is 1370. The minimum atomic E-state index is -5.70. The molecule has 210 valence electrons. The smallest absolute Gasteiger partial charge is 0.449 e. The van der Waals surface area contributed by atoms with Crippen LogP contribution in [0.4, 0.5) is 26.3 Å². The molecule has 1 aliphatic heterocycles. The maximum atomic E-state index is 12.9. The maximum Gasteiger partial charge on any atom is 0.525 e. The lowest BCUT2D eigenvalue weighted by Crippen LogP contribution is -2.46. The number of hydrogen-bond acceptors (Lipinski definition) is 9. The Labute approximate surface area is 205 Å². The zero-order valence-electron chi connectivity index (χ0n) is 18.6. The minimum absolute atomic E-state index is 0.328. The van der Waals surface area contributed by atoms with Crippen molar-refractivity contribution in [3.05, 3.63) is 51.8 Å². The normalized spacial score (nSPS) is 23.6. The number of nitrogens with zero attached hydrogens (tertiary/aromatic N) is 3. The number of hydrogen-bond donors (Lipinski definition) is 2. The van der Waals surface area contributed by atoms with Crippen molar-refractivity contribution >= 4 is 19.7 Å². The predicted molar refractivity (Wildman–Crippen MR) is 104 cm³/mol. The van der Waals surface area contributed by atoms with Crippen molar-refractivity contribution in [1.82, 2.24) is 13.9 Å². The van der Waals surface area contributed by atoms with Crippen LogP contribution in [0.5, 0.6) is 0 Å². The molecule has 3 heterocycles. The molecular weight excluding hydrogens is 565 g/mol.